The van der Waals surface area contributed by atoms with Gasteiger partial charge in [0, 0.05) is 18.8 Å². The topological polar surface area (TPSA) is 104 Å². The molecule has 3 N–H and O–H groups in total. The number of aliphatic hydroxyl groups is 1. The first-order chi connectivity index (χ1) is 6.87. The monoisotopic (exact) mass is 239 g/mol. The lowest BCUT2D eigenvalue weighted by atomic mass is 10.2. The molecule has 90 valence electrons. The van der Waals surface area contributed by atoms with Gasteiger partial charge in [0.15, 0.2) is 9.84 Å². The lowest BCUT2D eigenvalue weighted by Crippen LogP contribution is -2.32. The van der Waals surface area contributed by atoms with Crippen molar-refractivity contribution in [3.05, 3.63) is 0 Å². The van der Waals surface area contributed by atoms with E-state index in [0.29, 0.717) is 0 Å². The van der Waals surface area contributed by atoms with E-state index in [1.54, 1.807) is 6.92 Å². The van der Waals surface area contributed by atoms with Crippen LogP contribution in [0.25, 0.3) is 0 Å². The summed E-state index contributed by atoms with van der Waals surface area (Å²) in [4.78, 5) is 10.2. The summed E-state index contributed by atoms with van der Waals surface area (Å²) in [6.07, 6.45) is -1.32. The second-order valence-electron chi connectivity index (χ2n) is 3.19. The first kappa shape index (κ1) is 14.3. The molecule has 0 aliphatic rings. The second kappa shape index (κ2) is 6.76. The molecule has 0 aromatic heterocycles. The van der Waals surface area contributed by atoms with E-state index in [0.717, 1.165) is 0 Å². The van der Waals surface area contributed by atoms with E-state index in [1.807, 2.05) is 0 Å². The lowest BCUT2D eigenvalue weighted by molar-refractivity contribution is -0.139. The molecule has 0 aliphatic heterocycles. The van der Waals surface area contributed by atoms with Crippen molar-refractivity contribution >= 4 is 15.8 Å². The SMILES string of the molecule is CCS(=O)(=O)CCNCC(O)CC(=O)O. The lowest BCUT2D eigenvalue weighted by Gasteiger charge is -2.09. The van der Waals surface area contributed by atoms with Crippen LogP contribution in [-0.2, 0) is 14.6 Å². The first-order valence-corrected chi connectivity index (χ1v) is 6.50. The van der Waals surface area contributed by atoms with Gasteiger partial charge in [-0.3, -0.25) is 4.79 Å². The van der Waals surface area contributed by atoms with Gasteiger partial charge in [-0.2, -0.15) is 0 Å². The van der Waals surface area contributed by atoms with Gasteiger partial charge in [-0.15, -0.1) is 0 Å². The molecule has 0 aromatic carbocycles. The second-order valence-corrected chi connectivity index (χ2v) is 5.66. The molecular weight excluding hydrogens is 222 g/mol. The maximum absolute atomic E-state index is 11.0. The summed E-state index contributed by atoms with van der Waals surface area (Å²) >= 11 is 0. The van der Waals surface area contributed by atoms with Gasteiger partial charge in [-0.1, -0.05) is 6.92 Å². The molecule has 0 amide bonds. The summed E-state index contributed by atoms with van der Waals surface area (Å²) in [5.41, 5.74) is 0. The number of carboxylic acids is 1. The Balaban J connectivity index is 3.59. The number of sulfone groups is 1. The Morgan fingerprint density at radius 2 is 2.07 bits per heavy atom. The minimum absolute atomic E-state index is 0.00327. The normalized spacial score (nSPS) is 13.7. The van der Waals surface area contributed by atoms with Gasteiger partial charge in [-0.05, 0) is 0 Å². The molecule has 1 unspecified atom stereocenters. The van der Waals surface area contributed by atoms with Gasteiger partial charge in [0.1, 0.15) is 0 Å². The summed E-state index contributed by atoms with van der Waals surface area (Å²) in [6.45, 7) is 1.88. The van der Waals surface area contributed by atoms with Crippen molar-refractivity contribution in [3.8, 4) is 0 Å². The zero-order chi connectivity index (χ0) is 11.9. The quantitative estimate of drug-likeness (QED) is 0.462. The Morgan fingerprint density at radius 3 is 2.53 bits per heavy atom. The van der Waals surface area contributed by atoms with Gasteiger partial charge >= 0.3 is 5.97 Å². The van der Waals surface area contributed by atoms with E-state index >= 15 is 0 Å². The third kappa shape index (κ3) is 8.34. The van der Waals surface area contributed by atoms with E-state index in [4.69, 9.17) is 10.2 Å². The van der Waals surface area contributed by atoms with Crippen LogP contribution < -0.4 is 5.32 Å². The van der Waals surface area contributed by atoms with Crippen LogP contribution in [0.3, 0.4) is 0 Å². The van der Waals surface area contributed by atoms with Crippen molar-refractivity contribution < 1.29 is 23.4 Å². The number of rotatable bonds is 8. The van der Waals surface area contributed by atoms with Crippen molar-refractivity contribution in [3.63, 3.8) is 0 Å². The predicted molar refractivity (Wildman–Crippen MR) is 55.5 cm³/mol. The molecule has 0 bridgehead atoms. The Morgan fingerprint density at radius 1 is 1.47 bits per heavy atom. The molecule has 0 aromatic rings. The molecule has 0 spiro atoms. The number of hydrogen-bond donors (Lipinski definition) is 3. The maximum atomic E-state index is 11.0. The van der Waals surface area contributed by atoms with Crippen LogP contribution in [0.2, 0.25) is 0 Å². The predicted octanol–water partition coefficient (Wildman–Crippen LogP) is -1.15. The van der Waals surface area contributed by atoms with Crippen molar-refractivity contribution in [2.24, 2.45) is 0 Å². The van der Waals surface area contributed by atoms with Gasteiger partial charge in [0.2, 0.25) is 0 Å². The van der Waals surface area contributed by atoms with E-state index in [1.165, 1.54) is 0 Å². The minimum atomic E-state index is -3.00. The first-order valence-electron chi connectivity index (χ1n) is 4.68. The van der Waals surface area contributed by atoms with Crippen molar-refractivity contribution in [1.82, 2.24) is 5.32 Å². The van der Waals surface area contributed by atoms with E-state index < -0.39 is 21.9 Å². The third-order valence-corrected chi connectivity index (χ3v) is 3.53. The fourth-order valence-electron chi connectivity index (χ4n) is 0.914. The Labute approximate surface area is 89.2 Å². The van der Waals surface area contributed by atoms with Crippen LogP contribution in [-0.4, -0.2) is 55.3 Å². The zero-order valence-corrected chi connectivity index (χ0v) is 9.46. The van der Waals surface area contributed by atoms with Crippen LogP contribution in [0.4, 0.5) is 0 Å². The molecule has 7 heteroatoms. The van der Waals surface area contributed by atoms with Gasteiger partial charge < -0.3 is 15.5 Å². The Kier molecular flexibility index (Phi) is 6.46. The molecule has 6 nitrogen and oxygen atoms in total. The van der Waals surface area contributed by atoms with Gasteiger partial charge in [0.25, 0.3) is 0 Å². The van der Waals surface area contributed by atoms with E-state index in [2.05, 4.69) is 5.32 Å². The van der Waals surface area contributed by atoms with Gasteiger partial charge in [0.05, 0.1) is 18.3 Å². The smallest absolute Gasteiger partial charge is 0.306 e. The summed E-state index contributed by atoms with van der Waals surface area (Å²) in [7, 11) is -3.00. The summed E-state index contributed by atoms with van der Waals surface area (Å²) < 4.78 is 22.1. The number of aliphatic carboxylic acids is 1. The molecule has 0 radical (unpaired) electrons. The number of aliphatic hydroxyl groups excluding tert-OH is 1. The molecule has 1 atom stereocenters. The molecule has 0 saturated carbocycles. The molecule has 0 heterocycles. The van der Waals surface area contributed by atoms with Gasteiger partial charge in [-0.25, -0.2) is 8.42 Å². The summed E-state index contributed by atoms with van der Waals surface area (Å²) in [5.74, 6) is -0.985. The average molecular weight is 239 g/mol. The van der Waals surface area contributed by atoms with E-state index in [9.17, 15) is 13.2 Å². The number of hydrogen-bond acceptors (Lipinski definition) is 5. The number of nitrogens with one attached hydrogen (secondary N) is 1. The molecule has 15 heavy (non-hydrogen) atoms. The molecule has 0 saturated heterocycles. The Bertz CT molecular complexity index is 287. The highest BCUT2D eigenvalue weighted by atomic mass is 32.2. The maximum Gasteiger partial charge on any atom is 0.306 e. The van der Waals surface area contributed by atoms with Crippen LogP contribution in [0.5, 0.6) is 0 Å². The largest absolute Gasteiger partial charge is 0.481 e. The van der Waals surface area contributed by atoms with E-state index in [-0.39, 0.29) is 31.0 Å². The van der Waals surface area contributed by atoms with Crippen LogP contribution in [0, 0.1) is 0 Å². The van der Waals surface area contributed by atoms with Crippen molar-refractivity contribution in [2.45, 2.75) is 19.4 Å². The standard InChI is InChI=1S/C8H17NO5S/c1-2-15(13,14)4-3-9-6-7(10)5-8(11)12/h7,9-10H,2-6H2,1H3,(H,11,12). The zero-order valence-electron chi connectivity index (χ0n) is 8.64. The number of carboxylic acid groups (broad SMARTS) is 1. The third-order valence-electron chi connectivity index (χ3n) is 1.82. The number of carbonyl (C=O) groups is 1. The van der Waals surface area contributed by atoms with Crippen molar-refractivity contribution in [2.75, 3.05) is 24.6 Å². The summed E-state index contributed by atoms with van der Waals surface area (Å²) in [5, 5.41) is 20.1. The highest BCUT2D eigenvalue weighted by molar-refractivity contribution is 7.91. The molecule has 0 rings (SSSR count). The minimum Gasteiger partial charge on any atom is -0.481 e. The highest BCUT2D eigenvalue weighted by Gasteiger charge is 2.10. The average Bonchev–Trinajstić information content (AvgIpc) is 2.11. The summed E-state index contributed by atoms with van der Waals surface area (Å²) in [6, 6.07) is 0. The fourth-order valence-corrected chi connectivity index (χ4v) is 1.66. The van der Waals surface area contributed by atoms with Crippen LogP contribution in [0.15, 0.2) is 0 Å². The Hall–Kier alpha value is -0.660. The van der Waals surface area contributed by atoms with Crippen LogP contribution >= 0.6 is 0 Å². The molecule has 0 aliphatic carbocycles. The fraction of sp³-hybridized carbons (Fsp3) is 0.875. The molecular formula is C8H17NO5S. The van der Waals surface area contributed by atoms with Crippen molar-refractivity contribution in [1.29, 1.82) is 0 Å². The highest BCUT2D eigenvalue weighted by Crippen LogP contribution is 1.90. The van der Waals surface area contributed by atoms with Crippen LogP contribution in [0.1, 0.15) is 13.3 Å². The molecule has 0 fully saturated rings.